The number of nitrogens with zero attached hydrogens (tertiary/aromatic N) is 3. The molecular weight excluding hydrogens is 332 g/mol. The van der Waals surface area contributed by atoms with E-state index in [4.69, 9.17) is 0 Å². The molecule has 1 unspecified atom stereocenters. The Morgan fingerprint density at radius 1 is 1.07 bits per heavy atom. The van der Waals surface area contributed by atoms with Crippen molar-refractivity contribution in [1.82, 2.24) is 20.3 Å². The molecule has 0 spiro atoms. The lowest BCUT2D eigenvalue weighted by Gasteiger charge is -2.34. The van der Waals surface area contributed by atoms with Crippen molar-refractivity contribution in [3.8, 4) is 0 Å². The van der Waals surface area contributed by atoms with E-state index in [1.807, 2.05) is 6.20 Å². The van der Waals surface area contributed by atoms with Crippen LogP contribution in [0.3, 0.4) is 0 Å². The Balaban J connectivity index is 1.85. The van der Waals surface area contributed by atoms with Crippen LogP contribution in [0.1, 0.15) is 105 Å². The van der Waals surface area contributed by atoms with Gasteiger partial charge in [-0.25, -0.2) is 4.68 Å². The molecule has 1 N–H and O–H groups in total. The fraction of sp³-hybridized carbons (Fsp3) is 0.913. The van der Waals surface area contributed by atoms with Crippen molar-refractivity contribution in [3.05, 3.63) is 11.9 Å². The Labute approximate surface area is 167 Å². The summed E-state index contributed by atoms with van der Waals surface area (Å²) < 4.78 is 2.20. The van der Waals surface area contributed by atoms with E-state index < -0.39 is 0 Å². The molecule has 1 aliphatic rings. The molecule has 0 bridgehead atoms. The molecule has 156 valence electrons. The number of hydrogen-bond donors (Lipinski definition) is 1. The summed E-state index contributed by atoms with van der Waals surface area (Å²) in [6, 6.07) is 0. The summed E-state index contributed by atoms with van der Waals surface area (Å²) in [7, 11) is 0. The Morgan fingerprint density at radius 3 is 2.41 bits per heavy atom. The number of aromatic nitrogens is 3. The van der Waals surface area contributed by atoms with Gasteiger partial charge < -0.3 is 5.32 Å². The van der Waals surface area contributed by atoms with Crippen LogP contribution in [0.15, 0.2) is 6.20 Å². The predicted molar refractivity (Wildman–Crippen MR) is 115 cm³/mol. The number of aryl methyl sites for hydroxylation is 1. The summed E-state index contributed by atoms with van der Waals surface area (Å²) in [4.78, 5) is 0. The molecule has 4 nitrogen and oxygen atoms in total. The summed E-state index contributed by atoms with van der Waals surface area (Å²) in [5.74, 6) is 0. The van der Waals surface area contributed by atoms with Crippen molar-refractivity contribution in [3.63, 3.8) is 0 Å². The van der Waals surface area contributed by atoms with E-state index in [9.17, 15) is 0 Å². The third kappa shape index (κ3) is 5.79. The molecule has 4 heteroatoms. The van der Waals surface area contributed by atoms with E-state index in [0.29, 0.717) is 16.4 Å². The topological polar surface area (TPSA) is 42.7 Å². The lowest BCUT2D eigenvalue weighted by atomic mass is 9.73. The second-order valence-electron chi connectivity index (χ2n) is 9.85. The van der Waals surface area contributed by atoms with E-state index in [1.54, 1.807) is 0 Å². The number of hydrogen-bond acceptors (Lipinski definition) is 3. The largest absolute Gasteiger partial charge is 0.312 e. The minimum absolute atomic E-state index is 0.298. The van der Waals surface area contributed by atoms with E-state index in [-0.39, 0.29) is 0 Å². The molecular formula is C23H44N4. The highest BCUT2D eigenvalue weighted by Gasteiger charge is 2.53. The molecule has 0 saturated heterocycles. The fourth-order valence-electron chi connectivity index (χ4n) is 4.55. The van der Waals surface area contributed by atoms with Crippen LogP contribution < -0.4 is 5.32 Å². The Kier molecular flexibility index (Phi) is 7.91. The van der Waals surface area contributed by atoms with Crippen LogP contribution in [0.4, 0.5) is 0 Å². The quantitative estimate of drug-likeness (QED) is 0.419. The lowest BCUT2D eigenvalue weighted by molar-refractivity contribution is 0.146. The normalized spacial score (nSPS) is 18.4. The first-order valence-corrected chi connectivity index (χ1v) is 11.4. The summed E-state index contributed by atoms with van der Waals surface area (Å²) in [6.07, 6.45) is 14.5. The predicted octanol–water partition coefficient (Wildman–Crippen LogP) is 5.77. The van der Waals surface area contributed by atoms with Gasteiger partial charge >= 0.3 is 0 Å². The van der Waals surface area contributed by atoms with Crippen LogP contribution in [-0.2, 0) is 13.0 Å². The second kappa shape index (κ2) is 9.54. The molecule has 1 heterocycles. The second-order valence-corrected chi connectivity index (χ2v) is 9.85. The minimum Gasteiger partial charge on any atom is -0.312 e. The highest BCUT2D eigenvalue weighted by molar-refractivity contribution is 5.05. The third-order valence-corrected chi connectivity index (χ3v) is 7.37. The molecule has 1 saturated carbocycles. The minimum atomic E-state index is 0.298. The maximum Gasteiger partial charge on any atom is 0.0725 e. The first kappa shape index (κ1) is 22.4. The Morgan fingerprint density at radius 2 is 1.81 bits per heavy atom. The summed E-state index contributed by atoms with van der Waals surface area (Å²) in [6.45, 7) is 16.3. The van der Waals surface area contributed by atoms with Crippen molar-refractivity contribution in [1.29, 1.82) is 0 Å². The molecule has 0 aliphatic heterocycles. The first-order valence-electron chi connectivity index (χ1n) is 11.4. The van der Waals surface area contributed by atoms with Crippen LogP contribution in [0.25, 0.3) is 0 Å². The van der Waals surface area contributed by atoms with Crippen molar-refractivity contribution < 1.29 is 0 Å². The van der Waals surface area contributed by atoms with Gasteiger partial charge in [-0.15, -0.1) is 5.10 Å². The summed E-state index contributed by atoms with van der Waals surface area (Å²) >= 11 is 0. The zero-order valence-corrected chi connectivity index (χ0v) is 18.9. The Bertz CT molecular complexity index is 558. The maximum absolute atomic E-state index is 4.43. The molecule has 1 fully saturated rings. The smallest absolute Gasteiger partial charge is 0.0725 e. The monoisotopic (exact) mass is 376 g/mol. The number of unbranched alkanes of at least 4 members (excludes halogenated alkanes) is 1. The van der Waals surface area contributed by atoms with Crippen LogP contribution in [0.2, 0.25) is 0 Å². The van der Waals surface area contributed by atoms with Gasteiger partial charge in [0.05, 0.1) is 11.9 Å². The fourth-order valence-corrected chi connectivity index (χ4v) is 4.55. The van der Waals surface area contributed by atoms with Crippen molar-refractivity contribution in [2.75, 3.05) is 6.54 Å². The van der Waals surface area contributed by atoms with Crippen LogP contribution in [-0.4, -0.2) is 27.1 Å². The van der Waals surface area contributed by atoms with E-state index in [0.717, 1.165) is 25.9 Å². The van der Waals surface area contributed by atoms with E-state index in [2.05, 4.69) is 61.9 Å². The highest BCUT2D eigenvalue weighted by Crippen LogP contribution is 2.60. The molecule has 1 aromatic rings. The number of nitrogens with one attached hydrogen (secondary N) is 1. The molecule has 27 heavy (non-hydrogen) atoms. The maximum atomic E-state index is 4.43. The van der Waals surface area contributed by atoms with Gasteiger partial charge in [0.25, 0.3) is 0 Å². The molecule has 1 aliphatic carbocycles. The molecule has 0 aromatic carbocycles. The average Bonchev–Trinajstić information content (AvgIpc) is 3.31. The standard InChI is InChI=1S/C23H44N4/c1-7-10-14-22(6,13-8-2)24-17-11-12-20-18-25-26-27(20)19-23(15-16-23)21(4,5)9-3/h18,24H,7-17,19H2,1-6H3. The van der Waals surface area contributed by atoms with Gasteiger partial charge in [0.15, 0.2) is 0 Å². The van der Waals surface area contributed by atoms with Gasteiger partial charge in [0, 0.05) is 12.1 Å². The van der Waals surface area contributed by atoms with E-state index in [1.165, 1.54) is 57.1 Å². The van der Waals surface area contributed by atoms with Gasteiger partial charge in [-0.05, 0) is 62.8 Å². The van der Waals surface area contributed by atoms with Gasteiger partial charge in [0.2, 0.25) is 0 Å². The van der Waals surface area contributed by atoms with Gasteiger partial charge in [-0.1, -0.05) is 65.5 Å². The first-order chi connectivity index (χ1) is 12.8. The zero-order valence-electron chi connectivity index (χ0n) is 18.9. The third-order valence-electron chi connectivity index (χ3n) is 7.37. The van der Waals surface area contributed by atoms with Gasteiger partial charge in [-0.3, -0.25) is 0 Å². The van der Waals surface area contributed by atoms with Gasteiger partial charge in [-0.2, -0.15) is 0 Å². The molecule has 1 aromatic heterocycles. The van der Waals surface area contributed by atoms with Crippen LogP contribution in [0.5, 0.6) is 0 Å². The Hall–Kier alpha value is -0.900. The number of rotatable bonds is 14. The average molecular weight is 377 g/mol. The van der Waals surface area contributed by atoms with Crippen LogP contribution >= 0.6 is 0 Å². The zero-order chi connectivity index (χ0) is 20.0. The van der Waals surface area contributed by atoms with Crippen molar-refractivity contribution in [2.24, 2.45) is 10.8 Å². The lowest BCUT2D eigenvalue weighted by Crippen LogP contribution is -2.42. The van der Waals surface area contributed by atoms with E-state index >= 15 is 0 Å². The molecule has 2 rings (SSSR count). The molecule has 0 amide bonds. The summed E-state index contributed by atoms with van der Waals surface area (Å²) in [5, 5.41) is 12.5. The summed E-state index contributed by atoms with van der Waals surface area (Å²) in [5.41, 5.74) is 2.43. The highest BCUT2D eigenvalue weighted by atomic mass is 15.4. The van der Waals surface area contributed by atoms with Crippen molar-refractivity contribution in [2.45, 2.75) is 118 Å². The SMILES string of the molecule is CCCCC(C)(CCC)NCCCc1cnnn1CC1(C(C)(C)CC)CC1. The molecule has 0 radical (unpaired) electrons. The van der Waals surface area contributed by atoms with Gasteiger partial charge in [0.1, 0.15) is 0 Å². The van der Waals surface area contributed by atoms with Crippen molar-refractivity contribution >= 4 is 0 Å². The molecule has 1 atom stereocenters. The van der Waals surface area contributed by atoms with Crippen LogP contribution in [0, 0.1) is 10.8 Å².